The van der Waals surface area contributed by atoms with Crippen molar-refractivity contribution in [2.75, 3.05) is 58.7 Å². The van der Waals surface area contributed by atoms with Crippen LogP contribution in [0.3, 0.4) is 0 Å². The molecule has 2 fully saturated rings. The molecule has 2 amide bonds. The second-order valence-electron chi connectivity index (χ2n) is 6.73. The smallest absolute Gasteiger partial charge is 0.257 e. The summed E-state index contributed by atoms with van der Waals surface area (Å²) in [5.74, 6) is 0.395. The molecule has 0 saturated carbocycles. The van der Waals surface area contributed by atoms with Crippen LogP contribution in [0.2, 0.25) is 5.02 Å². The molecule has 0 spiro atoms. The molecule has 10 heteroatoms. The van der Waals surface area contributed by atoms with E-state index >= 15 is 0 Å². The maximum atomic E-state index is 12.8. The Labute approximate surface area is 182 Å². The first kappa shape index (κ1) is 24.6. The Balaban J connectivity index is 0.00000196. The van der Waals surface area contributed by atoms with Crippen molar-refractivity contribution >= 4 is 53.9 Å². The Bertz CT molecular complexity index is 691. The topological polar surface area (TPSA) is 79.1 Å². The summed E-state index contributed by atoms with van der Waals surface area (Å²) in [6, 6.07) is 3.11. The molecule has 7 nitrogen and oxygen atoms in total. The molecule has 2 aliphatic heterocycles. The molecule has 2 saturated heterocycles. The number of hydrogen-bond acceptors (Lipinski definition) is 5. The maximum Gasteiger partial charge on any atom is 0.257 e. The van der Waals surface area contributed by atoms with Crippen LogP contribution in [0.5, 0.6) is 5.75 Å². The highest BCUT2D eigenvalue weighted by Crippen LogP contribution is 2.30. The number of rotatable bonds is 4. The molecule has 1 aromatic rings. The van der Waals surface area contributed by atoms with Gasteiger partial charge in [-0.05, 0) is 32.0 Å². The Morgan fingerprint density at radius 1 is 1.04 bits per heavy atom. The van der Waals surface area contributed by atoms with E-state index in [1.54, 1.807) is 17.0 Å². The number of nitrogens with zero attached hydrogens (tertiary/aromatic N) is 3. The summed E-state index contributed by atoms with van der Waals surface area (Å²) in [7, 11) is 1.49. The van der Waals surface area contributed by atoms with Crippen LogP contribution in [0.4, 0.5) is 5.69 Å². The highest BCUT2D eigenvalue weighted by Gasteiger charge is 2.28. The van der Waals surface area contributed by atoms with E-state index in [9.17, 15) is 9.59 Å². The summed E-state index contributed by atoms with van der Waals surface area (Å²) < 4.78 is 5.27. The number of halogens is 3. The van der Waals surface area contributed by atoms with Crippen LogP contribution < -0.4 is 10.5 Å². The number of hydrogen-bond donors (Lipinski definition) is 1. The Morgan fingerprint density at radius 3 is 2.18 bits per heavy atom. The van der Waals surface area contributed by atoms with Crippen molar-refractivity contribution in [3.8, 4) is 5.75 Å². The van der Waals surface area contributed by atoms with Gasteiger partial charge in [0, 0.05) is 32.2 Å². The maximum absolute atomic E-state index is 12.8. The molecule has 0 radical (unpaired) electrons. The standard InChI is InChI=1S/C18H25ClN4O3.2ClH/c1-26-16-11-15(20)14(19)10-13(16)18(25)23-8-6-22(7-9-23)17(24)12-21-4-2-3-5-21;;/h10-11H,2-9,12,20H2,1H3;2*1H. The highest BCUT2D eigenvalue weighted by atomic mass is 35.5. The van der Waals surface area contributed by atoms with Gasteiger partial charge >= 0.3 is 0 Å². The van der Waals surface area contributed by atoms with Gasteiger partial charge in [-0.1, -0.05) is 11.6 Å². The number of amides is 2. The summed E-state index contributed by atoms with van der Waals surface area (Å²) in [5.41, 5.74) is 6.54. The lowest BCUT2D eigenvalue weighted by atomic mass is 10.1. The zero-order valence-electron chi connectivity index (χ0n) is 15.9. The van der Waals surface area contributed by atoms with Crippen LogP contribution in [0.15, 0.2) is 12.1 Å². The van der Waals surface area contributed by atoms with Crippen molar-refractivity contribution in [2.24, 2.45) is 0 Å². The first-order chi connectivity index (χ1) is 12.5. The molecular formula is C18H27Cl3N4O3. The fraction of sp³-hybridized carbons (Fsp3) is 0.556. The number of carbonyl (C=O) groups is 2. The number of piperazine rings is 1. The van der Waals surface area contributed by atoms with Gasteiger partial charge in [-0.2, -0.15) is 0 Å². The van der Waals surface area contributed by atoms with E-state index in [2.05, 4.69) is 4.90 Å². The van der Waals surface area contributed by atoms with E-state index < -0.39 is 0 Å². The second kappa shape index (κ2) is 11.0. The van der Waals surface area contributed by atoms with Crippen molar-refractivity contribution in [2.45, 2.75) is 12.8 Å². The van der Waals surface area contributed by atoms with Gasteiger partial charge in [0.15, 0.2) is 0 Å². The first-order valence-corrected chi connectivity index (χ1v) is 9.30. The van der Waals surface area contributed by atoms with Gasteiger partial charge in [0.25, 0.3) is 5.91 Å². The van der Waals surface area contributed by atoms with Gasteiger partial charge in [-0.3, -0.25) is 14.5 Å². The van der Waals surface area contributed by atoms with Gasteiger partial charge < -0.3 is 20.3 Å². The molecule has 158 valence electrons. The Morgan fingerprint density at radius 2 is 1.61 bits per heavy atom. The molecule has 0 bridgehead atoms. The summed E-state index contributed by atoms with van der Waals surface area (Å²) in [5, 5.41) is 0.327. The lowest BCUT2D eigenvalue weighted by Crippen LogP contribution is -2.52. The summed E-state index contributed by atoms with van der Waals surface area (Å²) >= 11 is 6.06. The summed E-state index contributed by atoms with van der Waals surface area (Å²) in [4.78, 5) is 31.0. The van der Waals surface area contributed by atoms with E-state index in [1.165, 1.54) is 20.0 Å². The molecule has 0 aliphatic carbocycles. The third kappa shape index (κ3) is 5.56. The van der Waals surface area contributed by atoms with Crippen LogP contribution in [-0.2, 0) is 4.79 Å². The number of carbonyl (C=O) groups excluding carboxylic acids is 2. The summed E-state index contributed by atoms with van der Waals surface area (Å²) in [6.07, 6.45) is 2.34. The molecule has 2 aliphatic rings. The largest absolute Gasteiger partial charge is 0.496 e. The van der Waals surface area contributed by atoms with E-state index in [-0.39, 0.29) is 36.6 Å². The molecule has 1 aromatic carbocycles. The van der Waals surface area contributed by atoms with Crippen LogP contribution >= 0.6 is 36.4 Å². The van der Waals surface area contributed by atoms with Crippen LogP contribution in [0, 0.1) is 0 Å². The number of anilines is 1. The normalized spacial score (nSPS) is 16.9. The van der Waals surface area contributed by atoms with Crippen LogP contribution in [0.1, 0.15) is 23.2 Å². The molecule has 2 heterocycles. The molecule has 28 heavy (non-hydrogen) atoms. The Kier molecular flexibility index (Phi) is 9.63. The van der Waals surface area contributed by atoms with Gasteiger partial charge in [0.1, 0.15) is 5.75 Å². The zero-order chi connectivity index (χ0) is 18.7. The minimum atomic E-state index is -0.157. The fourth-order valence-electron chi connectivity index (χ4n) is 3.47. The number of methoxy groups -OCH3 is 1. The first-order valence-electron chi connectivity index (χ1n) is 8.92. The van der Waals surface area contributed by atoms with Crippen molar-refractivity contribution in [3.05, 3.63) is 22.7 Å². The molecule has 3 rings (SSSR count). The third-order valence-electron chi connectivity index (χ3n) is 5.03. The van der Waals surface area contributed by atoms with E-state index in [0.29, 0.717) is 54.7 Å². The third-order valence-corrected chi connectivity index (χ3v) is 5.35. The van der Waals surface area contributed by atoms with Crippen LogP contribution in [-0.4, -0.2) is 79.4 Å². The number of ether oxygens (including phenoxy) is 1. The van der Waals surface area contributed by atoms with Crippen molar-refractivity contribution in [1.29, 1.82) is 0 Å². The van der Waals surface area contributed by atoms with Crippen LogP contribution in [0.25, 0.3) is 0 Å². The number of nitrogens with two attached hydrogens (primary N) is 1. The van der Waals surface area contributed by atoms with Gasteiger partial charge in [0.05, 0.1) is 29.9 Å². The van der Waals surface area contributed by atoms with Gasteiger partial charge in [0.2, 0.25) is 5.91 Å². The lowest BCUT2D eigenvalue weighted by molar-refractivity contribution is -0.133. The van der Waals surface area contributed by atoms with Crippen molar-refractivity contribution < 1.29 is 14.3 Å². The number of benzene rings is 1. The Hall–Kier alpha value is -1.41. The molecule has 2 N–H and O–H groups in total. The van der Waals surface area contributed by atoms with Crippen molar-refractivity contribution in [3.63, 3.8) is 0 Å². The second-order valence-corrected chi connectivity index (χ2v) is 7.14. The number of likely N-dealkylation sites (tertiary alicyclic amines) is 1. The average molecular weight is 454 g/mol. The SMILES string of the molecule is COc1cc(N)c(Cl)cc1C(=O)N1CCN(C(=O)CN2CCCC2)CC1.Cl.Cl. The van der Waals surface area contributed by atoms with E-state index in [0.717, 1.165) is 13.1 Å². The predicted octanol–water partition coefficient (Wildman–Crippen LogP) is 2.15. The zero-order valence-corrected chi connectivity index (χ0v) is 18.2. The molecular weight excluding hydrogens is 427 g/mol. The minimum absolute atomic E-state index is 0. The van der Waals surface area contributed by atoms with E-state index in [1.807, 2.05) is 4.90 Å². The average Bonchev–Trinajstić information content (AvgIpc) is 3.16. The molecule has 0 aromatic heterocycles. The number of nitrogen functional groups attached to an aromatic ring is 1. The lowest BCUT2D eigenvalue weighted by Gasteiger charge is -2.35. The highest BCUT2D eigenvalue weighted by molar-refractivity contribution is 6.33. The van der Waals surface area contributed by atoms with E-state index in [4.69, 9.17) is 22.1 Å². The van der Waals surface area contributed by atoms with Gasteiger partial charge in [-0.15, -0.1) is 24.8 Å². The quantitative estimate of drug-likeness (QED) is 0.707. The van der Waals surface area contributed by atoms with Gasteiger partial charge in [-0.25, -0.2) is 0 Å². The fourth-order valence-corrected chi connectivity index (χ4v) is 3.63. The predicted molar refractivity (Wildman–Crippen MR) is 115 cm³/mol. The molecule has 0 atom stereocenters. The minimum Gasteiger partial charge on any atom is -0.496 e. The molecule has 0 unspecified atom stereocenters. The monoisotopic (exact) mass is 452 g/mol. The summed E-state index contributed by atoms with van der Waals surface area (Å²) in [6.45, 7) is 4.57. The van der Waals surface area contributed by atoms with Crippen molar-refractivity contribution in [1.82, 2.24) is 14.7 Å².